The Labute approximate surface area is 148 Å². The molecule has 2 unspecified atom stereocenters. The van der Waals surface area contributed by atoms with Crippen molar-refractivity contribution in [1.29, 1.82) is 0 Å². The fraction of sp³-hybridized carbons (Fsp3) is 0.579. The van der Waals surface area contributed by atoms with Crippen molar-refractivity contribution in [3.63, 3.8) is 0 Å². The summed E-state index contributed by atoms with van der Waals surface area (Å²) in [6, 6.07) is 9.81. The second-order valence-electron chi connectivity index (χ2n) is 6.65. The molecule has 6 nitrogen and oxygen atoms in total. The molecule has 2 fully saturated rings. The first kappa shape index (κ1) is 17.9. The molecule has 0 saturated carbocycles. The zero-order valence-electron chi connectivity index (χ0n) is 14.5. The maximum Gasteiger partial charge on any atom is 0.240 e. The minimum Gasteiger partial charge on any atom is -0.379 e. The van der Waals surface area contributed by atoms with Gasteiger partial charge in [0.2, 0.25) is 11.8 Å². The standard InChI is InChI=1S/C19H26N2O4/c22-18(12-21-10-5-4-8-19(21)23)20-16-14-24-11-9-17(16)25-13-15-6-2-1-3-7-15/h1-3,6-7,16-17H,4-5,8-14H2,(H,20,22). The van der Waals surface area contributed by atoms with Crippen molar-refractivity contribution >= 4 is 11.8 Å². The third-order valence-corrected chi connectivity index (χ3v) is 4.70. The van der Waals surface area contributed by atoms with E-state index in [0.29, 0.717) is 32.8 Å². The van der Waals surface area contributed by atoms with Crippen molar-refractivity contribution in [2.45, 2.75) is 44.4 Å². The summed E-state index contributed by atoms with van der Waals surface area (Å²) in [6.45, 7) is 2.39. The summed E-state index contributed by atoms with van der Waals surface area (Å²) in [5.74, 6) is -0.0720. The number of amides is 2. The SMILES string of the molecule is O=C(CN1CCCCC1=O)NC1COCCC1OCc1ccccc1. The van der Waals surface area contributed by atoms with E-state index in [4.69, 9.17) is 9.47 Å². The molecule has 1 aromatic carbocycles. The Kier molecular flexibility index (Phi) is 6.42. The summed E-state index contributed by atoms with van der Waals surface area (Å²) in [5.41, 5.74) is 1.11. The molecule has 136 valence electrons. The molecule has 0 aliphatic carbocycles. The largest absolute Gasteiger partial charge is 0.379 e. The maximum absolute atomic E-state index is 12.3. The first-order chi connectivity index (χ1) is 12.2. The average Bonchev–Trinajstić information content (AvgIpc) is 2.64. The van der Waals surface area contributed by atoms with Crippen molar-refractivity contribution in [2.24, 2.45) is 0 Å². The molecule has 2 aliphatic heterocycles. The lowest BCUT2D eigenvalue weighted by Crippen LogP contribution is -2.53. The molecule has 0 aromatic heterocycles. The predicted octanol–water partition coefficient (Wildman–Crippen LogP) is 1.49. The van der Waals surface area contributed by atoms with Gasteiger partial charge in [0.25, 0.3) is 0 Å². The summed E-state index contributed by atoms with van der Waals surface area (Å²) in [4.78, 5) is 25.8. The first-order valence-electron chi connectivity index (χ1n) is 9.03. The lowest BCUT2D eigenvalue weighted by atomic mass is 10.1. The van der Waals surface area contributed by atoms with Crippen LogP contribution in [0.25, 0.3) is 0 Å². The monoisotopic (exact) mass is 346 g/mol. The number of nitrogens with one attached hydrogen (secondary N) is 1. The van der Waals surface area contributed by atoms with Gasteiger partial charge >= 0.3 is 0 Å². The Hall–Kier alpha value is -1.92. The van der Waals surface area contributed by atoms with Gasteiger partial charge in [0.15, 0.2) is 0 Å². The number of nitrogens with zero attached hydrogens (tertiary/aromatic N) is 1. The third kappa shape index (κ3) is 5.28. The Balaban J connectivity index is 1.50. The average molecular weight is 346 g/mol. The van der Waals surface area contributed by atoms with Crippen molar-refractivity contribution < 1.29 is 19.1 Å². The van der Waals surface area contributed by atoms with Gasteiger partial charge in [-0.25, -0.2) is 0 Å². The molecular formula is C19H26N2O4. The Morgan fingerprint density at radius 3 is 2.92 bits per heavy atom. The third-order valence-electron chi connectivity index (χ3n) is 4.70. The van der Waals surface area contributed by atoms with Gasteiger partial charge < -0.3 is 19.7 Å². The normalized spacial score (nSPS) is 24.2. The van der Waals surface area contributed by atoms with Crippen LogP contribution in [0.4, 0.5) is 0 Å². The van der Waals surface area contributed by atoms with Crippen LogP contribution >= 0.6 is 0 Å². The minimum absolute atomic E-state index is 0.0678. The van der Waals surface area contributed by atoms with Gasteiger partial charge in [-0.3, -0.25) is 9.59 Å². The van der Waals surface area contributed by atoms with Crippen LogP contribution in [0.15, 0.2) is 30.3 Å². The first-order valence-corrected chi connectivity index (χ1v) is 9.03. The zero-order valence-corrected chi connectivity index (χ0v) is 14.5. The number of ether oxygens (including phenoxy) is 2. The number of hydrogen-bond donors (Lipinski definition) is 1. The van der Waals surface area contributed by atoms with E-state index in [9.17, 15) is 9.59 Å². The lowest BCUT2D eigenvalue weighted by molar-refractivity contribution is -0.139. The predicted molar refractivity (Wildman–Crippen MR) is 92.8 cm³/mol. The molecule has 2 aliphatic rings. The van der Waals surface area contributed by atoms with Gasteiger partial charge in [-0.1, -0.05) is 30.3 Å². The highest BCUT2D eigenvalue weighted by Crippen LogP contribution is 2.15. The molecule has 6 heteroatoms. The van der Waals surface area contributed by atoms with E-state index in [1.807, 2.05) is 30.3 Å². The summed E-state index contributed by atoms with van der Waals surface area (Å²) in [6.07, 6.45) is 3.11. The van der Waals surface area contributed by atoms with Crippen LogP contribution in [-0.2, 0) is 25.7 Å². The zero-order chi connectivity index (χ0) is 17.5. The van der Waals surface area contributed by atoms with Gasteiger partial charge in [0, 0.05) is 19.6 Å². The number of rotatable bonds is 6. The number of hydrogen-bond acceptors (Lipinski definition) is 4. The molecule has 2 heterocycles. The van der Waals surface area contributed by atoms with Crippen LogP contribution in [0, 0.1) is 0 Å². The fourth-order valence-corrected chi connectivity index (χ4v) is 3.28. The van der Waals surface area contributed by atoms with E-state index >= 15 is 0 Å². The van der Waals surface area contributed by atoms with Crippen LogP contribution in [0.1, 0.15) is 31.2 Å². The molecule has 1 aromatic rings. The second-order valence-corrected chi connectivity index (χ2v) is 6.65. The molecule has 3 rings (SSSR count). The number of carbonyl (C=O) groups is 2. The van der Waals surface area contributed by atoms with Crippen molar-refractivity contribution in [3.05, 3.63) is 35.9 Å². The van der Waals surface area contributed by atoms with E-state index in [2.05, 4.69) is 5.32 Å². The highest BCUT2D eigenvalue weighted by molar-refractivity contribution is 5.85. The van der Waals surface area contributed by atoms with Gasteiger partial charge in [-0.2, -0.15) is 0 Å². The molecule has 2 atom stereocenters. The Bertz CT molecular complexity index is 578. The van der Waals surface area contributed by atoms with E-state index in [1.165, 1.54) is 0 Å². The molecular weight excluding hydrogens is 320 g/mol. The van der Waals surface area contributed by atoms with Crippen molar-refractivity contribution in [2.75, 3.05) is 26.3 Å². The fourth-order valence-electron chi connectivity index (χ4n) is 3.28. The van der Waals surface area contributed by atoms with Crippen molar-refractivity contribution in [3.8, 4) is 0 Å². The molecule has 2 amide bonds. The summed E-state index contributed by atoms with van der Waals surface area (Å²) in [5, 5.41) is 2.99. The lowest BCUT2D eigenvalue weighted by Gasteiger charge is -2.33. The van der Waals surface area contributed by atoms with E-state index in [-0.39, 0.29) is 30.5 Å². The van der Waals surface area contributed by atoms with Gasteiger partial charge in [-0.15, -0.1) is 0 Å². The number of carbonyl (C=O) groups excluding carboxylic acids is 2. The van der Waals surface area contributed by atoms with E-state index in [1.54, 1.807) is 4.90 Å². The van der Waals surface area contributed by atoms with E-state index < -0.39 is 0 Å². The summed E-state index contributed by atoms with van der Waals surface area (Å²) >= 11 is 0. The van der Waals surface area contributed by atoms with E-state index in [0.717, 1.165) is 24.8 Å². The van der Waals surface area contributed by atoms with Gasteiger partial charge in [-0.05, 0) is 24.8 Å². The van der Waals surface area contributed by atoms with Crippen LogP contribution < -0.4 is 5.32 Å². The molecule has 0 radical (unpaired) electrons. The smallest absolute Gasteiger partial charge is 0.240 e. The number of piperidine rings is 1. The summed E-state index contributed by atoms with van der Waals surface area (Å²) in [7, 11) is 0. The molecule has 1 N–H and O–H groups in total. The minimum atomic E-state index is -0.176. The Morgan fingerprint density at radius 2 is 2.12 bits per heavy atom. The second kappa shape index (κ2) is 8.97. The van der Waals surface area contributed by atoms with Gasteiger partial charge in [0.1, 0.15) is 0 Å². The number of likely N-dealkylation sites (tertiary alicyclic amines) is 1. The highest BCUT2D eigenvalue weighted by Gasteiger charge is 2.29. The Morgan fingerprint density at radius 1 is 1.28 bits per heavy atom. The molecule has 0 bridgehead atoms. The van der Waals surface area contributed by atoms with Gasteiger partial charge in [0.05, 0.1) is 31.9 Å². The maximum atomic E-state index is 12.3. The summed E-state index contributed by atoms with van der Waals surface area (Å²) < 4.78 is 11.5. The quantitative estimate of drug-likeness (QED) is 0.847. The highest BCUT2D eigenvalue weighted by atomic mass is 16.5. The topological polar surface area (TPSA) is 67.9 Å². The number of benzene rings is 1. The van der Waals surface area contributed by atoms with Crippen LogP contribution in [-0.4, -0.2) is 55.2 Å². The molecule has 0 spiro atoms. The van der Waals surface area contributed by atoms with Crippen LogP contribution in [0.5, 0.6) is 0 Å². The molecule has 2 saturated heterocycles. The van der Waals surface area contributed by atoms with Crippen LogP contribution in [0.2, 0.25) is 0 Å². The van der Waals surface area contributed by atoms with Crippen molar-refractivity contribution in [1.82, 2.24) is 10.2 Å². The van der Waals surface area contributed by atoms with Crippen LogP contribution in [0.3, 0.4) is 0 Å². The molecule has 25 heavy (non-hydrogen) atoms.